The summed E-state index contributed by atoms with van der Waals surface area (Å²) in [5.74, 6) is -0.284. The molecule has 2 aliphatic rings. The predicted molar refractivity (Wildman–Crippen MR) is 112 cm³/mol. The first-order valence-corrected chi connectivity index (χ1v) is 10.4. The second kappa shape index (κ2) is 8.19. The van der Waals surface area contributed by atoms with E-state index in [4.69, 9.17) is 0 Å². The molecule has 2 aliphatic heterocycles. The molecular formula is C24H27FN2O3. The van der Waals surface area contributed by atoms with Crippen molar-refractivity contribution in [2.45, 2.75) is 32.3 Å². The summed E-state index contributed by atoms with van der Waals surface area (Å²) < 4.78 is 13.1. The number of hydrogen-bond acceptors (Lipinski definition) is 3. The van der Waals surface area contributed by atoms with Gasteiger partial charge in [0.2, 0.25) is 5.91 Å². The number of carbonyl (C=O) groups excluding carboxylic acids is 2. The highest BCUT2D eigenvalue weighted by Gasteiger charge is 2.43. The predicted octanol–water partition coefficient (Wildman–Crippen LogP) is 3.33. The highest BCUT2D eigenvalue weighted by Crippen LogP contribution is 2.40. The van der Waals surface area contributed by atoms with Crippen LogP contribution in [0.25, 0.3) is 11.1 Å². The first-order valence-electron chi connectivity index (χ1n) is 10.4. The fourth-order valence-electron chi connectivity index (χ4n) is 4.77. The van der Waals surface area contributed by atoms with Gasteiger partial charge in [-0.3, -0.25) is 9.59 Å². The van der Waals surface area contributed by atoms with E-state index in [0.29, 0.717) is 38.2 Å². The van der Waals surface area contributed by atoms with Crippen molar-refractivity contribution in [3.8, 4) is 11.1 Å². The summed E-state index contributed by atoms with van der Waals surface area (Å²) in [4.78, 5) is 28.4. The average Bonchev–Trinajstić information content (AvgIpc) is 2.74. The van der Waals surface area contributed by atoms with Gasteiger partial charge in [0.05, 0.1) is 6.10 Å². The van der Waals surface area contributed by atoms with E-state index in [9.17, 15) is 19.1 Å². The van der Waals surface area contributed by atoms with Crippen molar-refractivity contribution in [2.75, 3.05) is 26.2 Å². The van der Waals surface area contributed by atoms with Crippen molar-refractivity contribution in [3.63, 3.8) is 0 Å². The van der Waals surface area contributed by atoms with E-state index in [1.807, 2.05) is 29.2 Å². The Kier molecular flexibility index (Phi) is 5.60. The lowest BCUT2D eigenvalue weighted by molar-refractivity contribution is -0.137. The van der Waals surface area contributed by atoms with Crippen LogP contribution >= 0.6 is 0 Å². The van der Waals surface area contributed by atoms with E-state index in [0.717, 1.165) is 24.0 Å². The fourth-order valence-corrected chi connectivity index (χ4v) is 4.77. The molecule has 30 heavy (non-hydrogen) atoms. The molecule has 2 saturated heterocycles. The Morgan fingerprint density at radius 1 is 0.967 bits per heavy atom. The summed E-state index contributed by atoms with van der Waals surface area (Å²) in [6, 6.07) is 13.7. The van der Waals surface area contributed by atoms with Gasteiger partial charge in [0.25, 0.3) is 5.91 Å². The Bertz CT molecular complexity index is 918. The SMILES string of the molecule is CC(=O)N1CC(O)CC2(CCN(C(=O)c3ccc(-c4ccc(F)cc4)cc3)CC2)C1. The molecular weight excluding hydrogens is 383 g/mol. The van der Waals surface area contributed by atoms with Crippen LogP contribution in [0.4, 0.5) is 4.39 Å². The maximum atomic E-state index is 13.1. The van der Waals surface area contributed by atoms with Crippen LogP contribution < -0.4 is 0 Å². The summed E-state index contributed by atoms with van der Waals surface area (Å²) >= 11 is 0. The number of nitrogens with zero attached hydrogens (tertiary/aromatic N) is 2. The number of halogens is 1. The van der Waals surface area contributed by atoms with Gasteiger partial charge in [-0.2, -0.15) is 0 Å². The fraction of sp³-hybridized carbons (Fsp3) is 0.417. The minimum absolute atomic E-state index is 0.00436. The molecule has 0 radical (unpaired) electrons. The Morgan fingerprint density at radius 2 is 1.53 bits per heavy atom. The maximum Gasteiger partial charge on any atom is 0.253 e. The number of carbonyl (C=O) groups is 2. The van der Waals surface area contributed by atoms with E-state index in [2.05, 4.69) is 0 Å². The van der Waals surface area contributed by atoms with Gasteiger partial charge < -0.3 is 14.9 Å². The molecule has 0 bridgehead atoms. The van der Waals surface area contributed by atoms with Crippen LogP contribution in [0, 0.1) is 11.2 Å². The van der Waals surface area contributed by atoms with E-state index in [-0.39, 0.29) is 23.0 Å². The second-order valence-corrected chi connectivity index (χ2v) is 8.63. The normalized spacial score (nSPS) is 21.0. The summed E-state index contributed by atoms with van der Waals surface area (Å²) in [7, 11) is 0. The van der Waals surface area contributed by atoms with Crippen molar-refractivity contribution < 1.29 is 19.1 Å². The van der Waals surface area contributed by atoms with Crippen molar-refractivity contribution in [1.29, 1.82) is 0 Å². The molecule has 1 unspecified atom stereocenters. The van der Waals surface area contributed by atoms with Crippen LogP contribution in [-0.4, -0.2) is 59.0 Å². The molecule has 0 aliphatic carbocycles. The number of aliphatic hydroxyl groups is 1. The number of amides is 2. The Labute approximate surface area is 176 Å². The van der Waals surface area contributed by atoms with Gasteiger partial charge in [0.15, 0.2) is 0 Å². The van der Waals surface area contributed by atoms with Gasteiger partial charge >= 0.3 is 0 Å². The molecule has 2 amide bonds. The minimum atomic E-state index is -0.496. The Morgan fingerprint density at radius 3 is 2.10 bits per heavy atom. The van der Waals surface area contributed by atoms with Crippen LogP contribution in [-0.2, 0) is 4.79 Å². The summed E-state index contributed by atoms with van der Waals surface area (Å²) in [5.41, 5.74) is 2.36. The standard InChI is InChI=1S/C24H27FN2O3/c1-17(28)27-15-22(29)14-24(16-27)10-12-26(13-11-24)23(30)20-4-2-18(3-5-20)19-6-8-21(25)9-7-19/h2-9,22,29H,10-16H2,1H3. The molecule has 1 spiro atoms. The van der Waals surface area contributed by atoms with Crippen molar-refractivity contribution >= 4 is 11.8 Å². The number of rotatable bonds is 2. The molecule has 6 heteroatoms. The summed E-state index contributed by atoms with van der Waals surface area (Å²) in [6.45, 7) is 3.85. The lowest BCUT2D eigenvalue weighted by Gasteiger charge is -2.49. The average molecular weight is 410 g/mol. The van der Waals surface area contributed by atoms with Crippen molar-refractivity contribution in [2.24, 2.45) is 5.41 Å². The summed E-state index contributed by atoms with van der Waals surface area (Å²) in [6.07, 6.45) is 1.76. The monoisotopic (exact) mass is 410 g/mol. The van der Waals surface area contributed by atoms with Gasteiger partial charge in [0.1, 0.15) is 5.82 Å². The minimum Gasteiger partial charge on any atom is -0.391 e. The second-order valence-electron chi connectivity index (χ2n) is 8.63. The molecule has 0 aromatic heterocycles. The highest BCUT2D eigenvalue weighted by molar-refractivity contribution is 5.94. The van der Waals surface area contributed by atoms with Crippen molar-refractivity contribution in [1.82, 2.24) is 9.80 Å². The molecule has 2 heterocycles. The van der Waals surface area contributed by atoms with Gasteiger partial charge in [0, 0.05) is 38.7 Å². The molecule has 158 valence electrons. The number of piperidine rings is 2. The molecule has 2 aromatic carbocycles. The van der Waals surface area contributed by atoms with E-state index in [1.54, 1.807) is 24.0 Å². The van der Waals surface area contributed by atoms with Gasteiger partial charge in [-0.25, -0.2) is 4.39 Å². The topological polar surface area (TPSA) is 60.9 Å². The molecule has 1 atom stereocenters. The number of aliphatic hydroxyl groups excluding tert-OH is 1. The highest BCUT2D eigenvalue weighted by atomic mass is 19.1. The molecule has 1 N–H and O–H groups in total. The largest absolute Gasteiger partial charge is 0.391 e. The van der Waals surface area contributed by atoms with Crippen LogP contribution in [0.3, 0.4) is 0 Å². The Hall–Kier alpha value is -2.73. The van der Waals surface area contributed by atoms with Gasteiger partial charge in [-0.05, 0) is 60.1 Å². The van der Waals surface area contributed by atoms with E-state index >= 15 is 0 Å². The van der Waals surface area contributed by atoms with Gasteiger partial charge in [-0.15, -0.1) is 0 Å². The van der Waals surface area contributed by atoms with E-state index < -0.39 is 6.10 Å². The van der Waals surface area contributed by atoms with E-state index in [1.165, 1.54) is 12.1 Å². The molecule has 4 rings (SSSR count). The third-order valence-electron chi connectivity index (χ3n) is 6.49. The quantitative estimate of drug-likeness (QED) is 0.826. The number of β-amino-alcohol motifs (C(OH)–C–C–N with tert-alkyl or cyclic N) is 1. The maximum absolute atomic E-state index is 13.1. The third-order valence-corrected chi connectivity index (χ3v) is 6.49. The van der Waals surface area contributed by atoms with Crippen LogP contribution in [0.1, 0.15) is 36.5 Å². The first-order chi connectivity index (χ1) is 14.3. The van der Waals surface area contributed by atoms with Crippen LogP contribution in [0.15, 0.2) is 48.5 Å². The number of benzene rings is 2. The number of likely N-dealkylation sites (tertiary alicyclic amines) is 2. The lowest BCUT2D eigenvalue weighted by Crippen LogP contribution is -2.55. The third kappa shape index (κ3) is 4.24. The molecule has 0 saturated carbocycles. The summed E-state index contributed by atoms with van der Waals surface area (Å²) in [5, 5.41) is 10.2. The molecule has 5 nitrogen and oxygen atoms in total. The number of hydrogen-bond donors (Lipinski definition) is 1. The zero-order valence-corrected chi connectivity index (χ0v) is 17.2. The van der Waals surface area contributed by atoms with Crippen LogP contribution in [0.2, 0.25) is 0 Å². The Balaban J connectivity index is 1.40. The first kappa shape index (κ1) is 20.5. The smallest absolute Gasteiger partial charge is 0.253 e. The lowest BCUT2D eigenvalue weighted by atomic mass is 9.71. The molecule has 2 aromatic rings. The van der Waals surface area contributed by atoms with Gasteiger partial charge in [-0.1, -0.05) is 24.3 Å². The zero-order chi connectivity index (χ0) is 21.3. The zero-order valence-electron chi connectivity index (χ0n) is 17.2. The van der Waals surface area contributed by atoms with Crippen molar-refractivity contribution in [3.05, 3.63) is 59.9 Å². The van der Waals surface area contributed by atoms with Crippen LogP contribution in [0.5, 0.6) is 0 Å². The molecule has 2 fully saturated rings.